The maximum atomic E-state index is 13.0. The summed E-state index contributed by atoms with van der Waals surface area (Å²) in [5.74, 6) is -1.92. The molecule has 2 aromatic carbocycles. The van der Waals surface area contributed by atoms with Gasteiger partial charge in [0.05, 0.1) is 12.0 Å². The molecule has 0 spiro atoms. The van der Waals surface area contributed by atoms with E-state index in [9.17, 15) is 19.5 Å². The summed E-state index contributed by atoms with van der Waals surface area (Å²) in [6.45, 7) is 5.56. The minimum Gasteiger partial charge on any atom is -0.481 e. The lowest BCUT2D eigenvalue weighted by Crippen LogP contribution is -2.54. The molecule has 2 aliphatic rings. The Bertz CT molecular complexity index is 1050. The zero-order chi connectivity index (χ0) is 24.5. The monoisotopic (exact) mass is 466 g/mol. The summed E-state index contributed by atoms with van der Waals surface area (Å²) in [5, 5.41) is 12.3. The first-order valence-corrected chi connectivity index (χ1v) is 11.4. The van der Waals surface area contributed by atoms with Crippen molar-refractivity contribution in [3.63, 3.8) is 0 Å². The van der Waals surface area contributed by atoms with E-state index in [2.05, 4.69) is 17.4 Å². The van der Waals surface area contributed by atoms with Crippen LogP contribution in [0.3, 0.4) is 0 Å². The molecule has 180 valence electrons. The van der Waals surface area contributed by atoms with Crippen LogP contribution in [0.25, 0.3) is 11.1 Å². The highest BCUT2D eigenvalue weighted by atomic mass is 16.6. The number of likely N-dealkylation sites (tertiary alicyclic amines) is 1. The molecule has 0 radical (unpaired) electrons. The summed E-state index contributed by atoms with van der Waals surface area (Å²) >= 11 is 0. The Labute approximate surface area is 198 Å². The van der Waals surface area contributed by atoms with Gasteiger partial charge in [-0.1, -0.05) is 48.5 Å². The smallest absolute Gasteiger partial charge is 0.409 e. The highest BCUT2D eigenvalue weighted by Gasteiger charge is 2.37. The van der Waals surface area contributed by atoms with Gasteiger partial charge in [-0.05, 0) is 49.4 Å². The van der Waals surface area contributed by atoms with Gasteiger partial charge in [-0.25, -0.2) is 9.59 Å². The third kappa shape index (κ3) is 5.16. The van der Waals surface area contributed by atoms with Gasteiger partial charge in [0.2, 0.25) is 0 Å². The van der Waals surface area contributed by atoms with Crippen LogP contribution in [0.4, 0.5) is 9.59 Å². The van der Waals surface area contributed by atoms with Gasteiger partial charge < -0.3 is 24.8 Å². The summed E-state index contributed by atoms with van der Waals surface area (Å²) in [4.78, 5) is 38.2. The van der Waals surface area contributed by atoms with Crippen molar-refractivity contribution in [2.24, 2.45) is 5.92 Å². The van der Waals surface area contributed by atoms with Gasteiger partial charge in [0.15, 0.2) is 0 Å². The molecule has 1 aliphatic carbocycles. The van der Waals surface area contributed by atoms with E-state index in [1.165, 1.54) is 4.90 Å². The summed E-state index contributed by atoms with van der Waals surface area (Å²) in [6, 6.07) is 15.6. The van der Waals surface area contributed by atoms with Gasteiger partial charge in [-0.15, -0.1) is 0 Å². The van der Waals surface area contributed by atoms with Crippen LogP contribution in [-0.4, -0.2) is 59.5 Å². The number of hydrogen-bond acceptors (Lipinski definition) is 5. The summed E-state index contributed by atoms with van der Waals surface area (Å²) < 4.78 is 11.0. The molecule has 34 heavy (non-hydrogen) atoms. The molecule has 1 saturated heterocycles. The van der Waals surface area contributed by atoms with Crippen LogP contribution in [-0.2, 0) is 14.3 Å². The molecule has 2 aromatic rings. The molecule has 1 aliphatic heterocycles. The fourth-order valence-corrected chi connectivity index (χ4v) is 4.69. The van der Waals surface area contributed by atoms with Gasteiger partial charge >= 0.3 is 18.2 Å². The van der Waals surface area contributed by atoms with Gasteiger partial charge in [0.1, 0.15) is 12.2 Å². The molecule has 1 heterocycles. The molecule has 0 unspecified atom stereocenters. The topological polar surface area (TPSA) is 105 Å². The molecule has 1 fully saturated rings. The Morgan fingerprint density at radius 1 is 1.00 bits per heavy atom. The highest BCUT2D eigenvalue weighted by Crippen LogP contribution is 2.44. The van der Waals surface area contributed by atoms with Crippen LogP contribution in [0.2, 0.25) is 0 Å². The quantitative estimate of drug-likeness (QED) is 0.699. The lowest BCUT2D eigenvalue weighted by Gasteiger charge is -2.36. The number of benzene rings is 2. The highest BCUT2D eigenvalue weighted by molar-refractivity contribution is 5.79. The zero-order valence-corrected chi connectivity index (χ0v) is 19.6. The number of fused-ring (bicyclic) bond motifs is 3. The standard InChI is InChI=1S/C26H30N2O6/c1-26(2,3)34-24(31)27-17-12-16(23(29)30)13-28(14-17)25(32)33-15-22-20-10-6-4-8-18(20)19-9-5-7-11-21(19)22/h4-11,16-17,22H,12-15H2,1-3H3,(H,27,31)(H,29,30)/t16-,17-/m1/s1. The predicted molar refractivity (Wildman–Crippen MR) is 126 cm³/mol. The molecule has 0 saturated carbocycles. The largest absolute Gasteiger partial charge is 0.481 e. The first-order valence-electron chi connectivity index (χ1n) is 11.4. The fraction of sp³-hybridized carbons (Fsp3) is 0.423. The third-order valence-corrected chi connectivity index (χ3v) is 6.11. The average molecular weight is 467 g/mol. The van der Waals surface area contributed by atoms with Crippen LogP contribution in [0.15, 0.2) is 48.5 Å². The number of ether oxygens (including phenoxy) is 2. The van der Waals surface area contributed by atoms with E-state index in [4.69, 9.17) is 9.47 Å². The Balaban J connectivity index is 1.44. The second-order valence-corrected chi connectivity index (χ2v) is 9.82. The molecule has 4 rings (SSSR count). The van der Waals surface area contributed by atoms with E-state index in [0.29, 0.717) is 0 Å². The Morgan fingerprint density at radius 3 is 2.15 bits per heavy atom. The number of amides is 2. The number of rotatable bonds is 4. The van der Waals surface area contributed by atoms with Crippen LogP contribution >= 0.6 is 0 Å². The molecular weight excluding hydrogens is 436 g/mol. The van der Waals surface area contributed by atoms with Crippen LogP contribution in [0, 0.1) is 5.92 Å². The Morgan fingerprint density at radius 2 is 1.59 bits per heavy atom. The van der Waals surface area contributed by atoms with Crippen molar-refractivity contribution in [2.75, 3.05) is 19.7 Å². The number of alkyl carbamates (subject to hydrolysis) is 1. The Kier molecular flexibility index (Phi) is 6.50. The number of nitrogens with zero attached hydrogens (tertiary/aromatic N) is 1. The van der Waals surface area contributed by atoms with E-state index in [-0.39, 0.29) is 32.0 Å². The lowest BCUT2D eigenvalue weighted by molar-refractivity contribution is -0.143. The molecule has 8 nitrogen and oxygen atoms in total. The van der Waals surface area contributed by atoms with Crippen molar-refractivity contribution < 1.29 is 29.0 Å². The number of nitrogens with one attached hydrogen (secondary N) is 1. The number of hydrogen-bond donors (Lipinski definition) is 2. The van der Waals surface area contributed by atoms with Crippen molar-refractivity contribution in [3.05, 3.63) is 59.7 Å². The molecule has 0 bridgehead atoms. The summed E-state index contributed by atoms with van der Waals surface area (Å²) in [6.07, 6.45) is -1.03. The van der Waals surface area contributed by atoms with Crippen LogP contribution in [0.5, 0.6) is 0 Å². The van der Waals surface area contributed by atoms with E-state index in [0.717, 1.165) is 22.3 Å². The van der Waals surface area contributed by atoms with Crippen molar-refractivity contribution in [1.29, 1.82) is 0 Å². The first kappa shape index (κ1) is 23.6. The second kappa shape index (κ2) is 9.37. The lowest BCUT2D eigenvalue weighted by atomic mass is 9.94. The SMILES string of the molecule is CC(C)(C)OC(=O)N[C@@H]1C[C@@H](C(=O)O)CN(C(=O)OCC2c3ccccc3-c3ccccc32)C1. The number of carbonyl (C=O) groups is 3. The first-order chi connectivity index (χ1) is 16.1. The summed E-state index contributed by atoms with van der Waals surface area (Å²) in [5.41, 5.74) is 3.78. The molecule has 2 atom stereocenters. The predicted octanol–water partition coefficient (Wildman–Crippen LogP) is 4.24. The van der Waals surface area contributed by atoms with E-state index >= 15 is 0 Å². The molecule has 8 heteroatoms. The Hall–Kier alpha value is -3.55. The zero-order valence-electron chi connectivity index (χ0n) is 19.6. The summed E-state index contributed by atoms with van der Waals surface area (Å²) in [7, 11) is 0. The van der Waals surface area contributed by atoms with E-state index in [1.54, 1.807) is 20.8 Å². The number of carbonyl (C=O) groups excluding carboxylic acids is 2. The number of carboxylic acid groups (broad SMARTS) is 1. The third-order valence-electron chi connectivity index (χ3n) is 6.11. The van der Waals surface area contributed by atoms with Gasteiger partial charge in [0.25, 0.3) is 0 Å². The van der Waals surface area contributed by atoms with E-state index in [1.807, 2.05) is 36.4 Å². The van der Waals surface area contributed by atoms with Gasteiger partial charge in [0, 0.05) is 19.0 Å². The maximum absolute atomic E-state index is 13.0. The van der Waals surface area contributed by atoms with Crippen LogP contribution < -0.4 is 5.32 Å². The van der Waals surface area contributed by atoms with Crippen molar-refractivity contribution in [2.45, 2.75) is 44.8 Å². The number of piperidine rings is 1. The minimum atomic E-state index is -1.02. The normalized spacial score (nSPS) is 19.7. The maximum Gasteiger partial charge on any atom is 0.409 e. The minimum absolute atomic E-state index is 0.0263. The molecule has 2 N–H and O–H groups in total. The molecular formula is C26H30N2O6. The van der Waals surface area contributed by atoms with Gasteiger partial charge in [-0.3, -0.25) is 4.79 Å². The molecule has 0 aromatic heterocycles. The van der Waals surface area contributed by atoms with Crippen molar-refractivity contribution in [3.8, 4) is 11.1 Å². The van der Waals surface area contributed by atoms with Crippen molar-refractivity contribution in [1.82, 2.24) is 10.2 Å². The number of aliphatic carboxylic acids is 1. The van der Waals surface area contributed by atoms with Crippen LogP contribution in [0.1, 0.15) is 44.2 Å². The fourth-order valence-electron chi connectivity index (χ4n) is 4.69. The van der Waals surface area contributed by atoms with E-state index < -0.39 is 35.7 Å². The van der Waals surface area contributed by atoms with Gasteiger partial charge in [-0.2, -0.15) is 0 Å². The molecule has 2 amide bonds. The van der Waals surface area contributed by atoms with Crippen molar-refractivity contribution >= 4 is 18.2 Å². The second-order valence-electron chi connectivity index (χ2n) is 9.82. The average Bonchev–Trinajstić information content (AvgIpc) is 3.09. The number of carboxylic acids is 1.